The Labute approximate surface area is 123 Å². The monoisotopic (exact) mass is 301 g/mol. The highest BCUT2D eigenvalue weighted by Gasteiger charge is 2.22. The number of aromatic nitrogens is 2. The largest absolute Gasteiger partial charge is 0.480 e. The Kier molecular flexibility index (Phi) is 5.01. The molecular formula is C13H20ClN3O3. The van der Waals surface area contributed by atoms with Gasteiger partial charge in [-0.25, -0.2) is 4.79 Å². The van der Waals surface area contributed by atoms with Crippen LogP contribution in [-0.4, -0.2) is 51.6 Å². The molecule has 0 bridgehead atoms. The number of nitrogens with zero attached hydrogens (tertiary/aromatic N) is 3. The fourth-order valence-corrected chi connectivity index (χ4v) is 2.71. The van der Waals surface area contributed by atoms with Gasteiger partial charge in [-0.05, 0) is 19.8 Å². The molecule has 0 unspecified atom stereocenters. The summed E-state index contributed by atoms with van der Waals surface area (Å²) >= 11 is 6.25. The number of carboxylic acids is 1. The maximum absolute atomic E-state index is 10.5. The van der Waals surface area contributed by atoms with E-state index in [1.165, 1.54) is 0 Å². The molecule has 0 spiro atoms. The summed E-state index contributed by atoms with van der Waals surface area (Å²) in [7, 11) is 1.90. The quantitative estimate of drug-likeness (QED) is 0.891. The SMILES string of the molecule is Cc1nn(C)c(CN2CCC(OCC(=O)O)CC2)c1Cl. The first kappa shape index (κ1) is 15.3. The number of aliphatic carboxylic acids is 1. The van der Waals surface area contributed by atoms with Gasteiger partial charge in [0.15, 0.2) is 0 Å². The van der Waals surface area contributed by atoms with Crippen molar-refractivity contribution < 1.29 is 14.6 Å². The maximum atomic E-state index is 10.5. The van der Waals surface area contributed by atoms with Gasteiger partial charge in [0.25, 0.3) is 0 Å². The number of ether oxygens (including phenoxy) is 1. The molecule has 1 saturated heterocycles. The van der Waals surface area contributed by atoms with Crippen LogP contribution in [0.2, 0.25) is 5.02 Å². The Morgan fingerprint density at radius 3 is 2.65 bits per heavy atom. The molecule has 2 heterocycles. The highest BCUT2D eigenvalue weighted by atomic mass is 35.5. The lowest BCUT2D eigenvalue weighted by Crippen LogP contribution is -2.37. The number of hydrogen-bond acceptors (Lipinski definition) is 4. The number of aryl methyl sites for hydroxylation is 2. The molecule has 0 amide bonds. The molecule has 112 valence electrons. The highest BCUT2D eigenvalue weighted by Crippen LogP contribution is 2.23. The van der Waals surface area contributed by atoms with Crippen LogP contribution in [0.15, 0.2) is 0 Å². The summed E-state index contributed by atoms with van der Waals surface area (Å²) in [4.78, 5) is 12.8. The molecule has 2 rings (SSSR count). The van der Waals surface area contributed by atoms with Gasteiger partial charge in [-0.15, -0.1) is 0 Å². The van der Waals surface area contributed by atoms with Crippen LogP contribution >= 0.6 is 11.6 Å². The van der Waals surface area contributed by atoms with E-state index in [-0.39, 0.29) is 12.7 Å². The maximum Gasteiger partial charge on any atom is 0.329 e. The van der Waals surface area contributed by atoms with Gasteiger partial charge >= 0.3 is 5.97 Å². The van der Waals surface area contributed by atoms with Crippen LogP contribution in [0.1, 0.15) is 24.2 Å². The molecule has 1 aromatic heterocycles. The summed E-state index contributed by atoms with van der Waals surface area (Å²) in [5.41, 5.74) is 1.87. The van der Waals surface area contributed by atoms with Crippen LogP contribution in [0.5, 0.6) is 0 Å². The van der Waals surface area contributed by atoms with Crippen molar-refractivity contribution in [2.75, 3.05) is 19.7 Å². The van der Waals surface area contributed by atoms with Gasteiger partial charge in [0, 0.05) is 26.7 Å². The van der Waals surface area contributed by atoms with Crippen LogP contribution in [0.3, 0.4) is 0 Å². The van der Waals surface area contributed by atoms with Gasteiger partial charge in [0.05, 0.1) is 22.5 Å². The molecule has 1 aliphatic heterocycles. The third kappa shape index (κ3) is 3.71. The van der Waals surface area contributed by atoms with Crippen molar-refractivity contribution in [3.8, 4) is 0 Å². The minimum absolute atomic E-state index is 0.0473. The first-order valence-corrected chi connectivity index (χ1v) is 7.09. The third-order valence-corrected chi connectivity index (χ3v) is 4.10. The molecule has 1 aliphatic rings. The van der Waals surface area contributed by atoms with E-state index >= 15 is 0 Å². The van der Waals surface area contributed by atoms with Gasteiger partial charge in [-0.1, -0.05) is 11.6 Å². The topological polar surface area (TPSA) is 67.6 Å². The second-order valence-corrected chi connectivity index (χ2v) is 5.53. The molecule has 0 radical (unpaired) electrons. The Balaban J connectivity index is 1.84. The number of halogens is 1. The Morgan fingerprint density at radius 1 is 1.50 bits per heavy atom. The summed E-state index contributed by atoms with van der Waals surface area (Å²) in [6, 6.07) is 0. The molecule has 7 heteroatoms. The number of carboxylic acid groups (broad SMARTS) is 1. The van der Waals surface area contributed by atoms with Gasteiger partial charge < -0.3 is 9.84 Å². The molecule has 20 heavy (non-hydrogen) atoms. The predicted octanol–water partition coefficient (Wildman–Crippen LogP) is 1.45. The van der Waals surface area contributed by atoms with Gasteiger partial charge in [-0.2, -0.15) is 5.10 Å². The number of carbonyl (C=O) groups is 1. The highest BCUT2D eigenvalue weighted by molar-refractivity contribution is 6.31. The van der Waals surface area contributed by atoms with Crippen LogP contribution in [0.25, 0.3) is 0 Å². The van der Waals surface area contributed by atoms with Crippen molar-refractivity contribution in [1.82, 2.24) is 14.7 Å². The summed E-state index contributed by atoms with van der Waals surface area (Å²) in [6.45, 7) is 4.22. The summed E-state index contributed by atoms with van der Waals surface area (Å²) in [6.07, 6.45) is 1.75. The number of rotatable bonds is 5. The average molecular weight is 302 g/mol. The number of hydrogen-bond donors (Lipinski definition) is 1. The van der Waals surface area contributed by atoms with Gasteiger partial charge in [0.1, 0.15) is 6.61 Å². The van der Waals surface area contributed by atoms with Crippen molar-refractivity contribution in [1.29, 1.82) is 0 Å². The summed E-state index contributed by atoms with van der Waals surface area (Å²) in [5.74, 6) is -0.912. The lowest BCUT2D eigenvalue weighted by molar-refractivity contribution is -0.145. The van der Waals surface area contributed by atoms with Crippen LogP contribution < -0.4 is 0 Å². The van der Waals surface area contributed by atoms with Crippen molar-refractivity contribution in [3.63, 3.8) is 0 Å². The van der Waals surface area contributed by atoms with Crippen molar-refractivity contribution in [2.24, 2.45) is 7.05 Å². The van der Waals surface area contributed by atoms with E-state index < -0.39 is 5.97 Å². The number of likely N-dealkylation sites (tertiary alicyclic amines) is 1. The lowest BCUT2D eigenvalue weighted by Gasteiger charge is -2.31. The van der Waals surface area contributed by atoms with Crippen molar-refractivity contribution in [2.45, 2.75) is 32.4 Å². The smallest absolute Gasteiger partial charge is 0.329 e. The van der Waals surface area contributed by atoms with E-state index in [0.717, 1.165) is 48.9 Å². The molecule has 1 N–H and O–H groups in total. The standard InChI is InChI=1S/C13H20ClN3O3/c1-9-13(14)11(16(2)15-9)7-17-5-3-10(4-6-17)20-8-12(18)19/h10H,3-8H2,1-2H3,(H,18,19). The molecule has 0 saturated carbocycles. The molecule has 1 aromatic rings. The Morgan fingerprint density at radius 2 is 2.15 bits per heavy atom. The number of piperidine rings is 1. The first-order chi connectivity index (χ1) is 9.47. The average Bonchev–Trinajstić information content (AvgIpc) is 2.64. The minimum atomic E-state index is -0.912. The van der Waals surface area contributed by atoms with Crippen LogP contribution in [0.4, 0.5) is 0 Å². The molecule has 0 atom stereocenters. The first-order valence-electron chi connectivity index (χ1n) is 6.71. The van der Waals surface area contributed by atoms with E-state index in [4.69, 9.17) is 21.4 Å². The van der Waals surface area contributed by atoms with Crippen molar-refractivity contribution >= 4 is 17.6 Å². The van der Waals surface area contributed by atoms with Gasteiger partial charge in [-0.3, -0.25) is 9.58 Å². The second kappa shape index (κ2) is 6.56. The van der Waals surface area contributed by atoms with E-state index in [0.29, 0.717) is 0 Å². The normalized spacial score (nSPS) is 17.6. The molecule has 0 aromatic carbocycles. The summed E-state index contributed by atoms with van der Waals surface area (Å²) in [5, 5.41) is 13.6. The van der Waals surface area contributed by atoms with Crippen molar-refractivity contribution in [3.05, 3.63) is 16.4 Å². The molecule has 0 aliphatic carbocycles. The fourth-order valence-electron chi connectivity index (χ4n) is 2.49. The molecule has 1 fully saturated rings. The van der Waals surface area contributed by atoms with E-state index in [1.807, 2.05) is 18.7 Å². The fraction of sp³-hybridized carbons (Fsp3) is 0.692. The minimum Gasteiger partial charge on any atom is -0.480 e. The molecule has 6 nitrogen and oxygen atoms in total. The van der Waals surface area contributed by atoms with E-state index in [2.05, 4.69) is 10.00 Å². The van der Waals surface area contributed by atoms with E-state index in [1.54, 1.807) is 0 Å². The van der Waals surface area contributed by atoms with Crippen LogP contribution in [0, 0.1) is 6.92 Å². The predicted molar refractivity (Wildman–Crippen MR) is 74.8 cm³/mol. The van der Waals surface area contributed by atoms with Gasteiger partial charge in [0.2, 0.25) is 0 Å². The Bertz CT molecular complexity index is 481. The lowest BCUT2D eigenvalue weighted by atomic mass is 10.1. The summed E-state index contributed by atoms with van der Waals surface area (Å²) < 4.78 is 7.15. The van der Waals surface area contributed by atoms with E-state index in [9.17, 15) is 4.79 Å². The second-order valence-electron chi connectivity index (χ2n) is 5.15. The zero-order valence-corrected chi connectivity index (χ0v) is 12.6. The zero-order chi connectivity index (χ0) is 14.7. The third-order valence-electron chi connectivity index (χ3n) is 3.61. The van der Waals surface area contributed by atoms with Crippen LogP contribution in [-0.2, 0) is 23.1 Å². The molecular weight excluding hydrogens is 282 g/mol. The Hall–Kier alpha value is -1.11. The zero-order valence-electron chi connectivity index (χ0n) is 11.8.